The number of benzene rings is 2. The predicted octanol–water partition coefficient (Wildman–Crippen LogP) is 4.60. The zero-order chi connectivity index (χ0) is 19.1. The number of nitrogens with one attached hydrogen (secondary N) is 2. The number of nitrogens with zero attached hydrogens (tertiary/aromatic N) is 2. The highest BCUT2D eigenvalue weighted by Crippen LogP contribution is 2.13. The molecule has 1 aromatic heterocycles. The summed E-state index contributed by atoms with van der Waals surface area (Å²) in [6, 6.07) is 15.5. The SMILES string of the molecule is CCc1ccc(NC(=O)c2cnc(NCCc3cccc(Cl)c3)cn2)cc1. The fourth-order valence-electron chi connectivity index (χ4n) is 2.58. The Morgan fingerprint density at radius 1 is 1.04 bits per heavy atom. The van der Waals surface area contributed by atoms with Gasteiger partial charge in [-0.3, -0.25) is 4.79 Å². The van der Waals surface area contributed by atoms with Crippen molar-refractivity contribution in [2.75, 3.05) is 17.2 Å². The van der Waals surface area contributed by atoms with E-state index < -0.39 is 0 Å². The number of carbonyl (C=O) groups excluding carboxylic acids is 1. The molecule has 3 rings (SSSR count). The summed E-state index contributed by atoms with van der Waals surface area (Å²) in [4.78, 5) is 20.7. The van der Waals surface area contributed by atoms with Crippen molar-refractivity contribution >= 4 is 29.0 Å². The molecule has 138 valence electrons. The second-order valence-electron chi connectivity index (χ2n) is 6.10. The van der Waals surface area contributed by atoms with Crippen molar-refractivity contribution in [1.29, 1.82) is 0 Å². The summed E-state index contributed by atoms with van der Waals surface area (Å²) in [5.74, 6) is 0.345. The largest absolute Gasteiger partial charge is 0.368 e. The first-order valence-electron chi connectivity index (χ1n) is 8.84. The molecule has 0 fully saturated rings. The molecule has 3 aromatic rings. The van der Waals surface area contributed by atoms with Crippen LogP contribution in [0, 0.1) is 0 Å². The van der Waals surface area contributed by atoms with E-state index in [0.29, 0.717) is 12.4 Å². The van der Waals surface area contributed by atoms with E-state index >= 15 is 0 Å². The molecule has 5 nitrogen and oxygen atoms in total. The summed E-state index contributed by atoms with van der Waals surface area (Å²) in [5, 5.41) is 6.75. The summed E-state index contributed by atoms with van der Waals surface area (Å²) in [6.45, 7) is 2.79. The van der Waals surface area contributed by atoms with E-state index in [4.69, 9.17) is 11.6 Å². The molecule has 0 aliphatic heterocycles. The van der Waals surface area contributed by atoms with Crippen molar-refractivity contribution in [3.63, 3.8) is 0 Å². The molecule has 0 atom stereocenters. The fourth-order valence-corrected chi connectivity index (χ4v) is 2.80. The van der Waals surface area contributed by atoms with E-state index in [2.05, 4.69) is 27.5 Å². The van der Waals surface area contributed by atoms with E-state index in [0.717, 1.165) is 29.1 Å². The van der Waals surface area contributed by atoms with Gasteiger partial charge in [-0.15, -0.1) is 0 Å². The van der Waals surface area contributed by atoms with Gasteiger partial charge in [0.15, 0.2) is 0 Å². The zero-order valence-corrected chi connectivity index (χ0v) is 15.8. The van der Waals surface area contributed by atoms with E-state index in [9.17, 15) is 4.79 Å². The number of amides is 1. The lowest BCUT2D eigenvalue weighted by atomic mass is 10.1. The number of anilines is 2. The van der Waals surface area contributed by atoms with Gasteiger partial charge in [-0.1, -0.05) is 42.8 Å². The maximum Gasteiger partial charge on any atom is 0.275 e. The van der Waals surface area contributed by atoms with Crippen molar-refractivity contribution in [2.24, 2.45) is 0 Å². The summed E-state index contributed by atoms with van der Waals surface area (Å²) < 4.78 is 0. The third-order valence-corrected chi connectivity index (χ3v) is 4.35. The molecule has 6 heteroatoms. The molecule has 0 aliphatic carbocycles. The van der Waals surface area contributed by atoms with Gasteiger partial charge < -0.3 is 10.6 Å². The number of hydrogen-bond donors (Lipinski definition) is 2. The number of carbonyl (C=O) groups is 1. The molecule has 1 amide bonds. The summed E-state index contributed by atoms with van der Waals surface area (Å²) >= 11 is 5.98. The van der Waals surface area contributed by atoms with Crippen LogP contribution < -0.4 is 10.6 Å². The van der Waals surface area contributed by atoms with Gasteiger partial charge in [-0.25, -0.2) is 9.97 Å². The standard InChI is InChI=1S/C21H21ClN4O/c1-2-15-6-8-18(9-7-15)26-21(27)19-13-25-20(14-24-19)23-11-10-16-4-3-5-17(22)12-16/h3-9,12-14H,2,10-11H2,1H3,(H,23,25)(H,26,27). The lowest BCUT2D eigenvalue weighted by Gasteiger charge is -2.08. The van der Waals surface area contributed by atoms with Crippen LogP contribution in [0.2, 0.25) is 5.02 Å². The van der Waals surface area contributed by atoms with Crippen molar-refractivity contribution in [1.82, 2.24) is 9.97 Å². The van der Waals surface area contributed by atoms with Gasteiger partial charge in [0, 0.05) is 17.3 Å². The minimum Gasteiger partial charge on any atom is -0.368 e. The molecule has 2 aromatic carbocycles. The average molecular weight is 381 g/mol. The molecule has 0 saturated carbocycles. The third-order valence-electron chi connectivity index (χ3n) is 4.11. The highest BCUT2D eigenvalue weighted by molar-refractivity contribution is 6.30. The van der Waals surface area contributed by atoms with Crippen LogP contribution in [0.5, 0.6) is 0 Å². The molecule has 0 bridgehead atoms. The number of aryl methyl sites for hydroxylation is 1. The monoisotopic (exact) mass is 380 g/mol. The quantitative estimate of drug-likeness (QED) is 0.628. The number of halogens is 1. The Labute approximate surface area is 163 Å². The number of hydrogen-bond acceptors (Lipinski definition) is 4. The van der Waals surface area contributed by atoms with E-state index in [1.54, 1.807) is 6.20 Å². The lowest BCUT2D eigenvalue weighted by molar-refractivity contribution is 0.102. The Kier molecular flexibility index (Phi) is 6.39. The Morgan fingerprint density at radius 2 is 1.85 bits per heavy atom. The number of aromatic nitrogens is 2. The van der Waals surface area contributed by atoms with Crippen LogP contribution in [0.4, 0.5) is 11.5 Å². The van der Waals surface area contributed by atoms with E-state index in [1.165, 1.54) is 11.8 Å². The lowest BCUT2D eigenvalue weighted by Crippen LogP contribution is -2.15. The minimum atomic E-state index is -0.280. The van der Waals surface area contributed by atoms with Crippen molar-refractivity contribution in [3.05, 3.63) is 82.8 Å². The van der Waals surface area contributed by atoms with Gasteiger partial charge in [0.1, 0.15) is 11.5 Å². The van der Waals surface area contributed by atoms with Crippen molar-refractivity contribution < 1.29 is 4.79 Å². The van der Waals surface area contributed by atoms with Gasteiger partial charge in [-0.2, -0.15) is 0 Å². The molecule has 0 spiro atoms. The fraction of sp³-hybridized carbons (Fsp3) is 0.190. The molecule has 2 N–H and O–H groups in total. The highest BCUT2D eigenvalue weighted by Gasteiger charge is 2.08. The average Bonchev–Trinajstić information content (AvgIpc) is 2.69. The molecule has 0 saturated heterocycles. The second-order valence-corrected chi connectivity index (χ2v) is 6.53. The third kappa shape index (κ3) is 5.53. The first-order valence-corrected chi connectivity index (χ1v) is 9.22. The first-order chi connectivity index (χ1) is 13.1. The minimum absolute atomic E-state index is 0.273. The molecular weight excluding hydrogens is 360 g/mol. The summed E-state index contributed by atoms with van der Waals surface area (Å²) in [7, 11) is 0. The molecule has 27 heavy (non-hydrogen) atoms. The van der Waals surface area contributed by atoms with Crippen LogP contribution in [0.15, 0.2) is 60.9 Å². The van der Waals surface area contributed by atoms with Crippen molar-refractivity contribution in [3.8, 4) is 0 Å². The highest BCUT2D eigenvalue weighted by atomic mass is 35.5. The topological polar surface area (TPSA) is 66.9 Å². The van der Waals surface area contributed by atoms with Gasteiger partial charge in [0.2, 0.25) is 0 Å². The Bertz CT molecular complexity index is 895. The van der Waals surface area contributed by atoms with Crippen LogP contribution in [-0.2, 0) is 12.8 Å². The zero-order valence-electron chi connectivity index (χ0n) is 15.1. The molecule has 1 heterocycles. The van der Waals surface area contributed by atoms with Crippen LogP contribution in [0.3, 0.4) is 0 Å². The molecular formula is C21H21ClN4O. The maximum atomic E-state index is 12.3. The Hall–Kier alpha value is -2.92. The second kappa shape index (κ2) is 9.14. The van der Waals surface area contributed by atoms with Gasteiger partial charge in [-0.05, 0) is 48.2 Å². The normalized spacial score (nSPS) is 10.4. The molecule has 0 unspecified atom stereocenters. The van der Waals surface area contributed by atoms with Crippen LogP contribution in [-0.4, -0.2) is 22.4 Å². The first kappa shape index (κ1) is 18.9. The maximum absolute atomic E-state index is 12.3. The van der Waals surface area contributed by atoms with Gasteiger partial charge in [0.05, 0.1) is 12.4 Å². The Morgan fingerprint density at radius 3 is 2.52 bits per heavy atom. The van der Waals surface area contributed by atoms with Crippen molar-refractivity contribution in [2.45, 2.75) is 19.8 Å². The predicted molar refractivity (Wildman–Crippen MR) is 109 cm³/mol. The van der Waals surface area contributed by atoms with Gasteiger partial charge in [0.25, 0.3) is 5.91 Å². The number of rotatable bonds is 7. The summed E-state index contributed by atoms with van der Waals surface area (Å²) in [6.07, 6.45) is 4.81. The molecule has 0 aliphatic rings. The van der Waals surface area contributed by atoms with Crippen LogP contribution in [0.25, 0.3) is 0 Å². The van der Waals surface area contributed by atoms with E-state index in [-0.39, 0.29) is 11.6 Å². The van der Waals surface area contributed by atoms with Gasteiger partial charge >= 0.3 is 0 Å². The van der Waals surface area contributed by atoms with Crippen LogP contribution in [0.1, 0.15) is 28.5 Å². The summed E-state index contributed by atoms with van der Waals surface area (Å²) in [5.41, 5.74) is 3.38. The van der Waals surface area contributed by atoms with Crippen LogP contribution >= 0.6 is 11.6 Å². The van der Waals surface area contributed by atoms with E-state index in [1.807, 2.05) is 48.5 Å². The smallest absolute Gasteiger partial charge is 0.275 e. The Balaban J connectivity index is 1.52. The molecule has 0 radical (unpaired) electrons.